The van der Waals surface area contributed by atoms with Crippen LogP contribution in [0.1, 0.15) is 19.5 Å². The minimum atomic E-state index is 0.428. The highest BCUT2D eigenvalue weighted by Crippen LogP contribution is 2.15. The minimum absolute atomic E-state index is 0.428. The Morgan fingerprint density at radius 2 is 2.19 bits per heavy atom. The maximum absolute atomic E-state index is 5.94. The summed E-state index contributed by atoms with van der Waals surface area (Å²) in [7, 11) is 0. The van der Waals surface area contributed by atoms with E-state index in [1.165, 1.54) is 6.33 Å². The number of nitrogens with one attached hydrogen (secondary N) is 1. The van der Waals surface area contributed by atoms with Crippen molar-refractivity contribution >= 4 is 11.6 Å². The van der Waals surface area contributed by atoms with E-state index in [0.29, 0.717) is 22.7 Å². The van der Waals surface area contributed by atoms with Crippen LogP contribution in [0.15, 0.2) is 12.4 Å². The standard InChI is InChI=1S/C10H12ClN5/c1-6(2)3-7-4-8(11)15-10(14-7)9-12-5-13-16-9/h4-6H,3H2,1-2H3,(H,12,13,16). The highest BCUT2D eigenvalue weighted by molar-refractivity contribution is 6.29. The fraction of sp³-hybridized carbons (Fsp3) is 0.400. The summed E-state index contributed by atoms with van der Waals surface area (Å²) < 4.78 is 0. The molecule has 0 amide bonds. The van der Waals surface area contributed by atoms with Crippen molar-refractivity contribution in [2.24, 2.45) is 5.92 Å². The van der Waals surface area contributed by atoms with Gasteiger partial charge in [0.25, 0.3) is 0 Å². The molecule has 2 rings (SSSR count). The molecular formula is C10H12ClN5. The van der Waals surface area contributed by atoms with Gasteiger partial charge in [0.15, 0.2) is 11.6 Å². The predicted octanol–water partition coefficient (Wildman–Crippen LogP) is 2.11. The topological polar surface area (TPSA) is 67.3 Å². The molecule has 0 aromatic carbocycles. The molecule has 2 aromatic heterocycles. The average Bonchev–Trinajstić information content (AvgIpc) is 2.67. The molecule has 2 heterocycles. The zero-order valence-electron chi connectivity index (χ0n) is 9.11. The second-order valence-corrected chi connectivity index (χ2v) is 4.32. The first-order valence-electron chi connectivity index (χ1n) is 5.04. The Bertz CT molecular complexity index is 466. The van der Waals surface area contributed by atoms with Gasteiger partial charge < -0.3 is 0 Å². The van der Waals surface area contributed by atoms with E-state index in [1.54, 1.807) is 6.07 Å². The van der Waals surface area contributed by atoms with Gasteiger partial charge in [-0.1, -0.05) is 25.4 Å². The van der Waals surface area contributed by atoms with Gasteiger partial charge in [-0.2, -0.15) is 5.10 Å². The molecule has 0 aliphatic heterocycles. The van der Waals surface area contributed by atoms with Crippen molar-refractivity contribution in [3.05, 3.63) is 23.2 Å². The van der Waals surface area contributed by atoms with Gasteiger partial charge in [-0.3, -0.25) is 5.10 Å². The lowest BCUT2D eigenvalue weighted by Crippen LogP contribution is -2.01. The van der Waals surface area contributed by atoms with Crippen LogP contribution in [0.2, 0.25) is 5.15 Å². The van der Waals surface area contributed by atoms with Crippen molar-refractivity contribution in [3.63, 3.8) is 0 Å². The number of hydrogen-bond acceptors (Lipinski definition) is 4. The molecule has 84 valence electrons. The van der Waals surface area contributed by atoms with Crippen LogP contribution < -0.4 is 0 Å². The van der Waals surface area contributed by atoms with Gasteiger partial charge in [-0.05, 0) is 18.4 Å². The lowest BCUT2D eigenvalue weighted by molar-refractivity contribution is 0.634. The summed E-state index contributed by atoms with van der Waals surface area (Å²) in [6.45, 7) is 4.26. The number of rotatable bonds is 3. The number of aromatic amines is 1. The Hall–Kier alpha value is -1.49. The van der Waals surface area contributed by atoms with Gasteiger partial charge in [-0.25, -0.2) is 15.0 Å². The predicted molar refractivity (Wildman–Crippen MR) is 61.0 cm³/mol. The van der Waals surface area contributed by atoms with Crippen LogP contribution in [0.5, 0.6) is 0 Å². The Morgan fingerprint density at radius 3 is 2.81 bits per heavy atom. The minimum Gasteiger partial charge on any atom is -0.257 e. The molecule has 0 radical (unpaired) electrons. The quantitative estimate of drug-likeness (QED) is 0.831. The molecule has 0 bridgehead atoms. The van der Waals surface area contributed by atoms with E-state index in [-0.39, 0.29) is 0 Å². The zero-order valence-corrected chi connectivity index (χ0v) is 9.86. The van der Waals surface area contributed by atoms with Crippen molar-refractivity contribution in [2.45, 2.75) is 20.3 Å². The SMILES string of the molecule is CC(C)Cc1cc(Cl)nc(-c2ncn[nH]2)n1. The van der Waals surface area contributed by atoms with Crippen LogP contribution in [-0.4, -0.2) is 25.1 Å². The van der Waals surface area contributed by atoms with E-state index in [9.17, 15) is 0 Å². The molecule has 2 aromatic rings. The molecule has 0 aliphatic carbocycles. The number of H-pyrrole nitrogens is 1. The fourth-order valence-electron chi connectivity index (χ4n) is 1.41. The van der Waals surface area contributed by atoms with Gasteiger partial charge in [0.05, 0.1) is 0 Å². The van der Waals surface area contributed by atoms with Gasteiger partial charge >= 0.3 is 0 Å². The van der Waals surface area contributed by atoms with E-state index >= 15 is 0 Å². The first kappa shape index (κ1) is 11.0. The normalized spacial score (nSPS) is 11.0. The first-order valence-corrected chi connectivity index (χ1v) is 5.42. The Morgan fingerprint density at radius 1 is 1.38 bits per heavy atom. The largest absolute Gasteiger partial charge is 0.257 e. The van der Waals surface area contributed by atoms with Crippen LogP contribution in [0.25, 0.3) is 11.6 Å². The molecule has 0 aliphatic rings. The molecule has 1 N–H and O–H groups in total. The summed E-state index contributed by atoms with van der Waals surface area (Å²) in [5, 5.41) is 6.90. The molecule has 0 spiro atoms. The summed E-state index contributed by atoms with van der Waals surface area (Å²) in [4.78, 5) is 12.5. The van der Waals surface area contributed by atoms with Crippen molar-refractivity contribution in [2.75, 3.05) is 0 Å². The summed E-state index contributed by atoms with van der Waals surface area (Å²) in [5.74, 6) is 1.54. The summed E-state index contributed by atoms with van der Waals surface area (Å²) >= 11 is 5.94. The van der Waals surface area contributed by atoms with E-state index < -0.39 is 0 Å². The summed E-state index contributed by atoms with van der Waals surface area (Å²) in [6.07, 6.45) is 2.28. The van der Waals surface area contributed by atoms with Crippen molar-refractivity contribution in [1.29, 1.82) is 0 Å². The molecule has 6 heteroatoms. The van der Waals surface area contributed by atoms with Gasteiger partial charge in [0.2, 0.25) is 0 Å². The highest BCUT2D eigenvalue weighted by atomic mass is 35.5. The maximum atomic E-state index is 5.94. The summed E-state index contributed by atoms with van der Waals surface area (Å²) in [5.41, 5.74) is 0.918. The van der Waals surface area contributed by atoms with Crippen LogP contribution in [0.4, 0.5) is 0 Å². The van der Waals surface area contributed by atoms with Crippen LogP contribution in [-0.2, 0) is 6.42 Å². The highest BCUT2D eigenvalue weighted by Gasteiger charge is 2.09. The van der Waals surface area contributed by atoms with Crippen molar-refractivity contribution in [1.82, 2.24) is 25.1 Å². The third-order valence-corrected chi connectivity index (χ3v) is 2.19. The second-order valence-electron chi connectivity index (χ2n) is 3.94. The number of halogens is 1. The fourth-order valence-corrected chi connectivity index (χ4v) is 1.61. The summed E-state index contributed by atoms with van der Waals surface area (Å²) in [6, 6.07) is 1.78. The first-order chi connectivity index (χ1) is 7.65. The van der Waals surface area contributed by atoms with E-state index in [1.807, 2.05) is 0 Å². The third-order valence-electron chi connectivity index (χ3n) is 1.99. The molecular weight excluding hydrogens is 226 g/mol. The van der Waals surface area contributed by atoms with Crippen LogP contribution >= 0.6 is 11.6 Å². The molecule has 16 heavy (non-hydrogen) atoms. The zero-order chi connectivity index (χ0) is 11.5. The van der Waals surface area contributed by atoms with Crippen LogP contribution in [0.3, 0.4) is 0 Å². The van der Waals surface area contributed by atoms with Gasteiger partial charge in [-0.15, -0.1) is 0 Å². The Balaban J connectivity index is 2.36. The van der Waals surface area contributed by atoms with Gasteiger partial charge in [0.1, 0.15) is 11.5 Å². The van der Waals surface area contributed by atoms with E-state index in [0.717, 1.165) is 12.1 Å². The molecule has 5 nitrogen and oxygen atoms in total. The van der Waals surface area contributed by atoms with Crippen molar-refractivity contribution < 1.29 is 0 Å². The molecule has 0 saturated carbocycles. The van der Waals surface area contributed by atoms with Crippen LogP contribution in [0, 0.1) is 5.92 Å². The van der Waals surface area contributed by atoms with Gasteiger partial charge in [0, 0.05) is 5.69 Å². The third kappa shape index (κ3) is 2.55. The number of hydrogen-bond donors (Lipinski definition) is 1. The maximum Gasteiger partial charge on any atom is 0.198 e. The monoisotopic (exact) mass is 237 g/mol. The molecule has 0 unspecified atom stereocenters. The average molecular weight is 238 g/mol. The molecule has 0 saturated heterocycles. The molecule has 0 atom stereocenters. The second kappa shape index (κ2) is 4.57. The Kier molecular flexibility index (Phi) is 3.14. The lowest BCUT2D eigenvalue weighted by atomic mass is 10.1. The number of nitrogens with zero attached hydrogens (tertiary/aromatic N) is 4. The lowest BCUT2D eigenvalue weighted by Gasteiger charge is -2.05. The molecule has 0 fully saturated rings. The van der Waals surface area contributed by atoms with E-state index in [2.05, 4.69) is 39.0 Å². The number of aromatic nitrogens is 5. The smallest absolute Gasteiger partial charge is 0.198 e. The van der Waals surface area contributed by atoms with Crippen molar-refractivity contribution in [3.8, 4) is 11.6 Å². The van der Waals surface area contributed by atoms with E-state index in [4.69, 9.17) is 11.6 Å². The Labute approximate surface area is 98.3 Å².